The summed E-state index contributed by atoms with van der Waals surface area (Å²) in [5.74, 6) is -0.345. The Morgan fingerprint density at radius 2 is 2.20 bits per heavy atom. The Morgan fingerprint density at radius 1 is 1.40 bits per heavy atom. The highest BCUT2D eigenvalue weighted by atomic mass is 16.6. The first kappa shape index (κ1) is 16.9. The number of nitrogens with zero attached hydrogens (tertiary/aromatic N) is 3. The lowest BCUT2D eigenvalue weighted by molar-refractivity contribution is -0.125. The van der Waals surface area contributed by atoms with Crippen LogP contribution in [0.25, 0.3) is 0 Å². The Hall–Kier alpha value is -2.96. The van der Waals surface area contributed by atoms with Gasteiger partial charge in [0.15, 0.2) is 5.78 Å². The maximum Gasteiger partial charge on any atom is 0.268 e. The quantitative estimate of drug-likeness (QED) is 0.848. The van der Waals surface area contributed by atoms with Gasteiger partial charge in [0.05, 0.1) is 11.4 Å². The maximum atomic E-state index is 12.4. The summed E-state index contributed by atoms with van der Waals surface area (Å²) in [6.45, 7) is 6.17. The largest absolute Gasteiger partial charge is 0.382 e. The second-order valence-corrected chi connectivity index (χ2v) is 5.95. The molecule has 0 aliphatic carbocycles. The van der Waals surface area contributed by atoms with Gasteiger partial charge in [0.1, 0.15) is 0 Å². The number of carbonyl (C=O) groups excluding carboxylic acids is 2. The summed E-state index contributed by atoms with van der Waals surface area (Å²) in [5, 5.41) is 11.2. The first-order valence-electron chi connectivity index (χ1n) is 8.17. The van der Waals surface area contributed by atoms with Gasteiger partial charge in [-0.1, -0.05) is 17.3 Å². The number of nitrogens with one attached hydrogen (secondary N) is 1. The first-order chi connectivity index (χ1) is 12.0. The zero-order valence-electron chi connectivity index (χ0n) is 14.4. The molecule has 0 unspecified atom stereocenters. The Labute approximate surface area is 145 Å². The average molecular weight is 340 g/mol. The van der Waals surface area contributed by atoms with E-state index in [1.807, 2.05) is 24.7 Å². The van der Waals surface area contributed by atoms with Gasteiger partial charge in [0, 0.05) is 36.0 Å². The van der Waals surface area contributed by atoms with Gasteiger partial charge in [-0.15, -0.1) is 0 Å². The van der Waals surface area contributed by atoms with Crippen LogP contribution in [0.5, 0.6) is 0 Å². The van der Waals surface area contributed by atoms with E-state index in [2.05, 4.69) is 15.6 Å². The Bertz CT molecular complexity index is 854. The number of anilines is 1. The summed E-state index contributed by atoms with van der Waals surface area (Å²) in [7, 11) is 0. The minimum Gasteiger partial charge on any atom is -0.382 e. The standard InChI is InChI=1S/C18H20N4O3/c1-4-22-10-15(11(2)20-22)16-9-17(25-21-16)18(24)19-14-7-5-6-13(8-14)12(3)23/h5-8,10,17H,4,9H2,1-3H3,(H,19,24)/t17-/m0/s1. The second-order valence-electron chi connectivity index (χ2n) is 5.95. The summed E-state index contributed by atoms with van der Waals surface area (Å²) < 4.78 is 1.83. The molecular formula is C18H20N4O3. The molecule has 1 aliphatic rings. The monoisotopic (exact) mass is 340 g/mol. The Kier molecular flexibility index (Phi) is 4.65. The molecule has 3 rings (SSSR count). The molecule has 1 atom stereocenters. The normalized spacial score (nSPS) is 16.3. The molecule has 0 radical (unpaired) electrons. The van der Waals surface area contributed by atoms with Crippen LogP contribution in [0.1, 0.15) is 41.9 Å². The van der Waals surface area contributed by atoms with Crippen molar-refractivity contribution in [1.82, 2.24) is 9.78 Å². The van der Waals surface area contributed by atoms with Crippen molar-refractivity contribution in [2.24, 2.45) is 5.16 Å². The van der Waals surface area contributed by atoms with E-state index in [0.717, 1.165) is 23.5 Å². The number of ketones is 1. The van der Waals surface area contributed by atoms with E-state index in [4.69, 9.17) is 4.84 Å². The molecule has 7 heteroatoms. The van der Waals surface area contributed by atoms with Gasteiger partial charge in [0.2, 0.25) is 6.10 Å². The van der Waals surface area contributed by atoms with Gasteiger partial charge in [-0.3, -0.25) is 14.3 Å². The summed E-state index contributed by atoms with van der Waals surface area (Å²) in [5.41, 5.74) is 3.58. The van der Waals surface area contributed by atoms with Crippen molar-refractivity contribution in [1.29, 1.82) is 0 Å². The van der Waals surface area contributed by atoms with Crippen LogP contribution in [0.3, 0.4) is 0 Å². The third kappa shape index (κ3) is 3.60. The number of benzene rings is 1. The van der Waals surface area contributed by atoms with Gasteiger partial charge in [-0.05, 0) is 32.9 Å². The zero-order valence-corrected chi connectivity index (χ0v) is 14.4. The van der Waals surface area contributed by atoms with Crippen molar-refractivity contribution in [3.05, 3.63) is 47.3 Å². The Balaban J connectivity index is 1.66. The molecule has 2 heterocycles. The van der Waals surface area contributed by atoms with Crippen LogP contribution >= 0.6 is 0 Å². The number of hydrogen-bond donors (Lipinski definition) is 1. The predicted octanol–water partition coefficient (Wildman–Crippen LogP) is 2.55. The number of hydrogen-bond acceptors (Lipinski definition) is 5. The van der Waals surface area contributed by atoms with Crippen molar-refractivity contribution in [3.8, 4) is 0 Å². The molecule has 0 saturated heterocycles. The molecular weight excluding hydrogens is 320 g/mol. The van der Waals surface area contributed by atoms with Crippen LogP contribution in [0, 0.1) is 6.92 Å². The molecule has 2 aromatic rings. The van der Waals surface area contributed by atoms with Crippen LogP contribution in [0.15, 0.2) is 35.6 Å². The van der Waals surface area contributed by atoms with E-state index in [0.29, 0.717) is 17.7 Å². The molecule has 1 aromatic heterocycles. The van der Waals surface area contributed by atoms with E-state index in [9.17, 15) is 9.59 Å². The third-order valence-corrected chi connectivity index (χ3v) is 4.08. The van der Waals surface area contributed by atoms with Crippen LogP contribution in [0.2, 0.25) is 0 Å². The van der Waals surface area contributed by atoms with Crippen molar-refractivity contribution in [2.75, 3.05) is 5.32 Å². The number of carbonyl (C=O) groups is 2. The lowest BCUT2D eigenvalue weighted by Gasteiger charge is -2.10. The summed E-state index contributed by atoms with van der Waals surface area (Å²) in [4.78, 5) is 29.1. The van der Waals surface area contributed by atoms with Crippen LogP contribution in [-0.2, 0) is 16.2 Å². The summed E-state index contributed by atoms with van der Waals surface area (Å²) >= 11 is 0. The fourth-order valence-electron chi connectivity index (χ4n) is 2.68. The van der Waals surface area contributed by atoms with Gasteiger partial charge in [-0.25, -0.2) is 0 Å². The molecule has 130 valence electrons. The lowest BCUT2D eigenvalue weighted by atomic mass is 10.1. The number of oxime groups is 1. The summed E-state index contributed by atoms with van der Waals surface area (Å²) in [6, 6.07) is 6.81. The molecule has 0 fully saturated rings. The van der Waals surface area contributed by atoms with Gasteiger partial charge in [-0.2, -0.15) is 5.10 Å². The number of rotatable bonds is 5. The molecule has 0 spiro atoms. The lowest BCUT2D eigenvalue weighted by Crippen LogP contribution is -2.28. The number of aromatic nitrogens is 2. The SMILES string of the molecule is CCn1cc(C2=NO[C@H](C(=O)Nc3cccc(C(C)=O)c3)C2)c(C)n1. The summed E-state index contributed by atoms with van der Waals surface area (Å²) in [6.07, 6.45) is 1.60. The first-order valence-corrected chi connectivity index (χ1v) is 8.17. The topological polar surface area (TPSA) is 85.6 Å². The molecule has 25 heavy (non-hydrogen) atoms. The molecule has 1 aliphatic heterocycles. The van der Waals surface area contributed by atoms with Crippen LogP contribution < -0.4 is 5.32 Å². The van der Waals surface area contributed by atoms with Crippen molar-refractivity contribution in [3.63, 3.8) is 0 Å². The fraction of sp³-hybridized carbons (Fsp3) is 0.333. The molecule has 1 aromatic carbocycles. The predicted molar refractivity (Wildman–Crippen MR) is 93.7 cm³/mol. The van der Waals surface area contributed by atoms with Crippen molar-refractivity contribution < 1.29 is 14.4 Å². The number of Topliss-reactive ketones (excluding diaryl/α,β-unsaturated/α-hetero) is 1. The van der Waals surface area contributed by atoms with Gasteiger partial charge >= 0.3 is 0 Å². The molecule has 7 nitrogen and oxygen atoms in total. The highest BCUT2D eigenvalue weighted by molar-refractivity contribution is 6.06. The minimum atomic E-state index is -0.694. The highest BCUT2D eigenvalue weighted by Crippen LogP contribution is 2.20. The van der Waals surface area contributed by atoms with Crippen molar-refractivity contribution >= 4 is 23.1 Å². The number of aryl methyl sites for hydroxylation is 2. The van der Waals surface area contributed by atoms with E-state index in [-0.39, 0.29) is 11.7 Å². The zero-order chi connectivity index (χ0) is 18.0. The second kappa shape index (κ2) is 6.88. The van der Waals surface area contributed by atoms with E-state index in [1.54, 1.807) is 24.3 Å². The average Bonchev–Trinajstić information content (AvgIpc) is 3.21. The van der Waals surface area contributed by atoms with Gasteiger partial charge in [0.25, 0.3) is 5.91 Å². The van der Waals surface area contributed by atoms with E-state index < -0.39 is 6.10 Å². The van der Waals surface area contributed by atoms with Crippen molar-refractivity contribution in [2.45, 2.75) is 39.8 Å². The van der Waals surface area contributed by atoms with Crippen LogP contribution in [-0.4, -0.2) is 33.3 Å². The molecule has 1 amide bonds. The van der Waals surface area contributed by atoms with Gasteiger partial charge < -0.3 is 10.2 Å². The minimum absolute atomic E-state index is 0.0535. The van der Waals surface area contributed by atoms with Crippen LogP contribution in [0.4, 0.5) is 5.69 Å². The molecule has 0 saturated carbocycles. The third-order valence-electron chi connectivity index (χ3n) is 4.08. The smallest absolute Gasteiger partial charge is 0.268 e. The Morgan fingerprint density at radius 3 is 2.88 bits per heavy atom. The molecule has 0 bridgehead atoms. The molecule has 1 N–H and O–H groups in total. The maximum absolute atomic E-state index is 12.4. The van der Waals surface area contributed by atoms with E-state index >= 15 is 0 Å². The van der Waals surface area contributed by atoms with E-state index in [1.165, 1.54) is 6.92 Å². The highest BCUT2D eigenvalue weighted by Gasteiger charge is 2.30. The fourth-order valence-corrected chi connectivity index (χ4v) is 2.68. The number of amides is 1.